The molecule has 0 unspecified atom stereocenters. The molecule has 0 bridgehead atoms. The van der Waals surface area contributed by atoms with Crippen molar-refractivity contribution >= 4 is 17.5 Å². The minimum absolute atomic E-state index is 0.410. The summed E-state index contributed by atoms with van der Waals surface area (Å²) >= 11 is 0. The summed E-state index contributed by atoms with van der Waals surface area (Å²) < 4.78 is 0. The molecule has 0 aromatic heterocycles. The number of carbonyl (C=O) groups is 2. The van der Waals surface area contributed by atoms with Crippen molar-refractivity contribution in [2.24, 2.45) is 0 Å². The first-order valence-electron chi connectivity index (χ1n) is 6.98. The van der Waals surface area contributed by atoms with E-state index in [0.29, 0.717) is 13.1 Å². The molecule has 1 heterocycles. The van der Waals surface area contributed by atoms with Crippen LogP contribution in [-0.2, 0) is 9.59 Å². The molecule has 1 aliphatic heterocycles. The fraction of sp³-hybridized carbons (Fsp3) is 0.467. The highest BCUT2D eigenvalue weighted by molar-refractivity contribution is 6.40. The van der Waals surface area contributed by atoms with Crippen LogP contribution in [0.15, 0.2) is 30.3 Å². The molecular formula is C15H21N3O2. The first-order chi connectivity index (χ1) is 9.63. The van der Waals surface area contributed by atoms with Crippen LogP contribution in [0.3, 0.4) is 0 Å². The number of nitrogens with zero attached hydrogens (tertiary/aromatic N) is 3. The number of anilines is 1. The van der Waals surface area contributed by atoms with Gasteiger partial charge < -0.3 is 14.7 Å². The molecule has 1 saturated heterocycles. The van der Waals surface area contributed by atoms with E-state index in [4.69, 9.17) is 0 Å². The zero-order valence-corrected chi connectivity index (χ0v) is 12.1. The summed E-state index contributed by atoms with van der Waals surface area (Å²) in [4.78, 5) is 29.8. The molecule has 1 aliphatic rings. The van der Waals surface area contributed by atoms with E-state index in [9.17, 15) is 9.59 Å². The molecule has 5 heteroatoms. The molecule has 20 heavy (non-hydrogen) atoms. The SMILES string of the molecule is CCN1CCN(C(=O)C(=O)N(C)c2ccccc2)CC1. The number of benzene rings is 1. The lowest BCUT2D eigenvalue weighted by molar-refractivity contribution is -0.145. The van der Waals surface area contributed by atoms with Gasteiger partial charge in [-0.1, -0.05) is 25.1 Å². The maximum absolute atomic E-state index is 12.2. The molecule has 5 nitrogen and oxygen atoms in total. The van der Waals surface area contributed by atoms with Crippen LogP contribution in [0.2, 0.25) is 0 Å². The van der Waals surface area contributed by atoms with Crippen LogP contribution in [0.4, 0.5) is 5.69 Å². The number of para-hydroxylation sites is 1. The summed E-state index contributed by atoms with van der Waals surface area (Å²) in [5, 5.41) is 0. The van der Waals surface area contributed by atoms with Crippen LogP contribution >= 0.6 is 0 Å². The second kappa shape index (κ2) is 6.52. The summed E-state index contributed by atoms with van der Waals surface area (Å²) in [6, 6.07) is 9.22. The van der Waals surface area contributed by atoms with Crippen molar-refractivity contribution in [1.82, 2.24) is 9.80 Å². The number of amides is 2. The Kier molecular flexibility index (Phi) is 4.74. The standard InChI is InChI=1S/C15H21N3O2/c1-3-17-9-11-18(12-10-17)15(20)14(19)16(2)13-7-5-4-6-8-13/h4-8H,3,9-12H2,1-2H3. The third-order valence-electron chi connectivity index (χ3n) is 3.74. The Bertz CT molecular complexity index is 467. The Morgan fingerprint density at radius 3 is 2.25 bits per heavy atom. The van der Waals surface area contributed by atoms with Crippen LogP contribution in [0, 0.1) is 0 Å². The zero-order chi connectivity index (χ0) is 14.5. The van der Waals surface area contributed by atoms with Crippen molar-refractivity contribution in [3.63, 3.8) is 0 Å². The molecule has 2 rings (SSSR count). The number of carbonyl (C=O) groups excluding carboxylic acids is 2. The molecule has 1 fully saturated rings. The van der Waals surface area contributed by atoms with Gasteiger partial charge in [-0.05, 0) is 18.7 Å². The molecule has 2 amide bonds. The minimum Gasteiger partial charge on any atom is -0.332 e. The normalized spacial score (nSPS) is 16.0. The maximum atomic E-state index is 12.2. The largest absolute Gasteiger partial charge is 0.332 e. The molecule has 0 N–H and O–H groups in total. The highest BCUT2D eigenvalue weighted by Gasteiger charge is 2.28. The fourth-order valence-corrected chi connectivity index (χ4v) is 2.31. The van der Waals surface area contributed by atoms with E-state index in [-0.39, 0.29) is 0 Å². The Morgan fingerprint density at radius 2 is 1.70 bits per heavy atom. The average molecular weight is 275 g/mol. The smallest absolute Gasteiger partial charge is 0.316 e. The molecule has 0 saturated carbocycles. The molecule has 0 atom stereocenters. The van der Waals surface area contributed by atoms with Crippen molar-refractivity contribution in [3.8, 4) is 0 Å². The summed E-state index contributed by atoms with van der Waals surface area (Å²) in [7, 11) is 1.64. The van der Waals surface area contributed by atoms with Crippen molar-refractivity contribution < 1.29 is 9.59 Å². The lowest BCUT2D eigenvalue weighted by Gasteiger charge is -2.34. The maximum Gasteiger partial charge on any atom is 0.316 e. The minimum atomic E-state index is -0.471. The predicted octanol–water partition coefficient (Wildman–Crippen LogP) is 0.813. The van der Waals surface area contributed by atoms with Gasteiger partial charge in [0.05, 0.1) is 0 Å². The van der Waals surface area contributed by atoms with Gasteiger partial charge in [-0.3, -0.25) is 9.59 Å². The average Bonchev–Trinajstić information content (AvgIpc) is 2.53. The van der Waals surface area contributed by atoms with Crippen LogP contribution < -0.4 is 4.90 Å². The van der Waals surface area contributed by atoms with Crippen LogP contribution in [0.1, 0.15) is 6.92 Å². The Labute approximate surface area is 119 Å². The van der Waals surface area contributed by atoms with Gasteiger partial charge in [-0.15, -0.1) is 0 Å². The fourth-order valence-electron chi connectivity index (χ4n) is 2.31. The molecule has 1 aromatic carbocycles. The lowest BCUT2D eigenvalue weighted by atomic mass is 10.2. The second-order valence-electron chi connectivity index (χ2n) is 4.93. The number of likely N-dealkylation sites (N-methyl/N-ethyl adjacent to an activating group) is 2. The Morgan fingerprint density at radius 1 is 1.10 bits per heavy atom. The van der Waals surface area contributed by atoms with Crippen LogP contribution in [0.5, 0.6) is 0 Å². The Hall–Kier alpha value is -1.88. The van der Waals surface area contributed by atoms with E-state index in [1.54, 1.807) is 11.9 Å². The topological polar surface area (TPSA) is 43.9 Å². The van der Waals surface area contributed by atoms with Gasteiger partial charge in [0.2, 0.25) is 0 Å². The van der Waals surface area contributed by atoms with E-state index in [0.717, 1.165) is 25.3 Å². The predicted molar refractivity (Wildman–Crippen MR) is 78.5 cm³/mol. The molecule has 0 aliphatic carbocycles. The third kappa shape index (κ3) is 3.17. The van der Waals surface area contributed by atoms with Gasteiger partial charge in [-0.2, -0.15) is 0 Å². The lowest BCUT2D eigenvalue weighted by Crippen LogP contribution is -2.52. The van der Waals surface area contributed by atoms with Crippen molar-refractivity contribution in [3.05, 3.63) is 30.3 Å². The molecule has 0 radical (unpaired) electrons. The number of rotatable bonds is 2. The van der Waals surface area contributed by atoms with Crippen molar-refractivity contribution in [1.29, 1.82) is 0 Å². The molecule has 1 aromatic rings. The van der Waals surface area contributed by atoms with Gasteiger partial charge in [0, 0.05) is 38.9 Å². The summed E-state index contributed by atoms with van der Waals surface area (Å²) in [5.74, 6) is -0.881. The number of hydrogen-bond acceptors (Lipinski definition) is 3. The first-order valence-corrected chi connectivity index (χ1v) is 6.98. The van der Waals surface area contributed by atoms with E-state index in [1.165, 1.54) is 4.90 Å². The van der Waals surface area contributed by atoms with Gasteiger partial charge in [0.25, 0.3) is 0 Å². The first kappa shape index (κ1) is 14.5. The van der Waals surface area contributed by atoms with Crippen LogP contribution in [0.25, 0.3) is 0 Å². The molecular weight excluding hydrogens is 254 g/mol. The highest BCUT2D eigenvalue weighted by Crippen LogP contribution is 2.12. The number of hydrogen-bond donors (Lipinski definition) is 0. The van der Waals surface area contributed by atoms with Crippen molar-refractivity contribution in [2.75, 3.05) is 44.7 Å². The molecule has 0 spiro atoms. The summed E-state index contributed by atoms with van der Waals surface area (Å²) in [6.45, 7) is 6.02. The Balaban J connectivity index is 1.97. The van der Waals surface area contributed by atoms with Gasteiger partial charge in [0.1, 0.15) is 0 Å². The van der Waals surface area contributed by atoms with Crippen LogP contribution in [-0.4, -0.2) is 61.4 Å². The quantitative estimate of drug-likeness (QED) is 0.750. The number of piperazine rings is 1. The second-order valence-corrected chi connectivity index (χ2v) is 4.93. The van der Waals surface area contributed by atoms with E-state index >= 15 is 0 Å². The highest BCUT2D eigenvalue weighted by atomic mass is 16.2. The third-order valence-corrected chi connectivity index (χ3v) is 3.74. The summed E-state index contributed by atoms with van der Waals surface area (Å²) in [5.41, 5.74) is 0.734. The molecule has 108 valence electrons. The van der Waals surface area contributed by atoms with Gasteiger partial charge in [0.15, 0.2) is 0 Å². The monoisotopic (exact) mass is 275 g/mol. The zero-order valence-electron chi connectivity index (χ0n) is 12.1. The van der Waals surface area contributed by atoms with E-state index in [1.807, 2.05) is 30.3 Å². The van der Waals surface area contributed by atoms with Gasteiger partial charge in [-0.25, -0.2) is 0 Å². The van der Waals surface area contributed by atoms with Crippen molar-refractivity contribution in [2.45, 2.75) is 6.92 Å². The van der Waals surface area contributed by atoms with E-state index < -0.39 is 11.8 Å². The van der Waals surface area contributed by atoms with E-state index in [2.05, 4.69) is 11.8 Å². The van der Waals surface area contributed by atoms with Gasteiger partial charge >= 0.3 is 11.8 Å². The summed E-state index contributed by atoms with van der Waals surface area (Å²) in [6.07, 6.45) is 0.